The van der Waals surface area contributed by atoms with Crippen molar-refractivity contribution in [3.05, 3.63) is 0 Å². The van der Waals surface area contributed by atoms with Crippen molar-refractivity contribution in [2.45, 2.75) is 64.7 Å². The maximum absolute atomic E-state index is 11.7. The molecule has 0 aromatic heterocycles. The van der Waals surface area contributed by atoms with E-state index in [0.29, 0.717) is 18.8 Å². The number of hydrazine groups is 1. The minimum atomic E-state index is -0.133. The number of thiocarbonyl (C=S) groups is 1. The van der Waals surface area contributed by atoms with Gasteiger partial charge in [-0.1, -0.05) is 39.0 Å². The topological polar surface area (TPSA) is 70.2 Å². The summed E-state index contributed by atoms with van der Waals surface area (Å²) in [5, 5.41) is 2.74. The summed E-state index contributed by atoms with van der Waals surface area (Å²) in [5.74, 6) is 0.462. The Morgan fingerprint density at radius 1 is 1.05 bits per heavy atom. The average Bonchev–Trinajstić information content (AvgIpc) is 2.44. The molecule has 1 rings (SSSR count). The van der Waals surface area contributed by atoms with Crippen LogP contribution < -0.4 is 16.2 Å². The van der Waals surface area contributed by atoms with Crippen molar-refractivity contribution >= 4 is 29.1 Å². The van der Waals surface area contributed by atoms with E-state index in [1.165, 1.54) is 32.1 Å². The molecule has 6 heteroatoms. The van der Waals surface area contributed by atoms with E-state index in [1.807, 2.05) is 6.92 Å². The SMILES string of the molecule is CCCC(=O)NNC(=S)NC(=O)CCC1CCCCC1. The van der Waals surface area contributed by atoms with Crippen LogP contribution in [0.4, 0.5) is 0 Å². The van der Waals surface area contributed by atoms with Crippen LogP contribution in [0.25, 0.3) is 0 Å². The van der Waals surface area contributed by atoms with Crippen LogP contribution in [-0.2, 0) is 9.59 Å². The van der Waals surface area contributed by atoms with Gasteiger partial charge in [-0.15, -0.1) is 0 Å². The largest absolute Gasteiger partial charge is 0.302 e. The van der Waals surface area contributed by atoms with Crippen LogP contribution >= 0.6 is 12.2 Å². The molecule has 0 heterocycles. The summed E-state index contributed by atoms with van der Waals surface area (Å²) in [5.41, 5.74) is 4.99. The van der Waals surface area contributed by atoms with Crippen LogP contribution in [0.2, 0.25) is 0 Å². The third-order valence-electron chi connectivity index (χ3n) is 3.55. The molecule has 1 aliphatic rings. The predicted molar refractivity (Wildman–Crippen MR) is 82.7 cm³/mol. The van der Waals surface area contributed by atoms with E-state index in [-0.39, 0.29) is 16.9 Å². The Kier molecular flexibility index (Phi) is 8.18. The molecule has 0 aliphatic heterocycles. The zero-order valence-corrected chi connectivity index (χ0v) is 13.0. The highest BCUT2D eigenvalue weighted by Crippen LogP contribution is 2.27. The minimum absolute atomic E-state index is 0.0854. The van der Waals surface area contributed by atoms with Crippen LogP contribution in [0.15, 0.2) is 0 Å². The van der Waals surface area contributed by atoms with Gasteiger partial charge in [-0.05, 0) is 31.0 Å². The number of hydrogen-bond acceptors (Lipinski definition) is 3. The Morgan fingerprint density at radius 3 is 2.40 bits per heavy atom. The highest BCUT2D eigenvalue weighted by Gasteiger charge is 2.15. The van der Waals surface area contributed by atoms with E-state index >= 15 is 0 Å². The first-order valence-corrected chi connectivity index (χ1v) is 7.91. The van der Waals surface area contributed by atoms with E-state index in [9.17, 15) is 9.59 Å². The molecule has 1 fully saturated rings. The molecule has 0 radical (unpaired) electrons. The number of amides is 2. The van der Waals surface area contributed by atoms with Crippen LogP contribution in [0.3, 0.4) is 0 Å². The van der Waals surface area contributed by atoms with Crippen molar-refractivity contribution in [3.8, 4) is 0 Å². The van der Waals surface area contributed by atoms with E-state index in [2.05, 4.69) is 16.2 Å². The zero-order valence-electron chi connectivity index (χ0n) is 12.2. The fourth-order valence-corrected chi connectivity index (χ4v) is 2.61. The Labute approximate surface area is 126 Å². The molecule has 0 spiro atoms. The molecule has 0 saturated heterocycles. The molecule has 5 nitrogen and oxygen atoms in total. The molecular weight excluding hydrogens is 274 g/mol. The quantitative estimate of drug-likeness (QED) is 0.537. The molecule has 114 valence electrons. The number of carbonyl (C=O) groups is 2. The van der Waals surface area contributed by atoms with E-state index < -0.39 is 0 Å². The van der Waals surface area contributed by atoms with Gasteiger partial charge in [0.1, 0.15) is 0 Å². The Bertz CT molecular complexity index is 341. The molecule has 0 unspecified atom stereocenters. The number of nitrogens with one attached hydrogen (secondary N) is 3. The molecule has 0 aromatic carbocycles. The normalized spacial score (nSPS) is 15.4. The average molecular weight is 299 g/mol. The van der Waals surface area contributed by atoms with Crippen LogP contribution in [0.5, 0.6) is 0 Å². The molecule has 0 bridgehead atoms. The summed E-state index contributed by atoms with van der Waals surface area (Å²) in [6.45, 7) is 1.92. The highest BCUT2D eigenvalue weighted by atomic mass is 32.1. The summed E-state index contributed by atoms with van der Waals surface area (Å²) in [4.78, 5) is 22.9. The van der Waals surface area contributed by atoms with Gasteiger partial charge in [0.15, 0.2) is 5.11 Å². The van der Waals surface area contributed by atoms with Crippen LogP contribution in [0, 0.1) is 5.92 Å². The third-order valence-corrected chi connectivity index (χ3v) is 3.75. The van der Waals surface area contributed by atoms with E-state index in [1.54, 1.807) is 0 Å². The van der Waals surface area contributed by atoms with Gasteiger partial charge in [0.2, 0.25) is 11.8 Å². The van der Waals surface area contributed by atoms with Gasteiger partial charge < -0.3 is 5.32 Å². The molecule has 20 heavy (non-hydrogen) atoms. The maximum Gasteiger partial charge on any atom is 0.238 e. The van der Waals surface area contributed by atoms with Gasteiger partial charge in [-0.2, -0.15) is 0 Å². The first-order chi connectivity index (χ1) is 9.61. The number of hydrogen-bond donors (Lipinski definition) is 3. The Balaban J connectivity index is 2.11. The second kappa shape index (κ2) is 9.69. The van der Waals surface area contributed by atoms with Gasteiger partial charge in [-0.3, -0.25) is 20.4 Å². The molecule has 0 aromatic rings. The van der Waals surface area contributed by atoms with E-state index in [0.717, 1.165) is 12.8 Å². The second-order valence-electron chi connectivity index (χ2n) is 5.34. The molecular formula is C14H25N3O2S. The second-order valence-corrected chi connectivity index (χ2v) is 5.75. The molecule has 2 amide bonds. The lowest BCUT2D eigenvalue weighted by atomic mass is 9.86. The molecule has 3 N–H and O–H groups in total. The lowest BCUT2D eigenvalue weighted by Crippen LogP contribution is -2.48. The third kappa shape index (κ3) is 7.43. The molecule has 1 aliphatic carbocycles. The van der Waals surface area contributed by atoms with E-state index in [4.69, 9.17) is 12.2 Å². The van der Waals surface area contributed by atoms with Gasteiger partial charge in [0.05, 0.1) is 0 Å². The van der Waals surface area contributed by atoms with Crippen LogP contribution in [-0.4, -0.2) is 16.9 Å². The summed E-state index contributed by atoms with van der Waals surface area (Å²) in [6, 6.07) is 0. The van der Waals surface area contributed by atoms with Crippen molar-refractivity contribution in [2.75, 3.05) is 0 Å². The van der Waals surface area contributed by atoms with Gasteiger partial charge in [0.25, 0.3) is 0 Å². The van der Waals surface area contributed by atoms with Crippen LogP contribution in [0.1, 0.15) is 64.7 Å². The van der Waals surface area contributed by atoms with Crippen molar-refractivity contribution < 1.29 is 9.59 Å². The Morgan fingerprint density at radius 2 is 1.75 bits per heavy atom. The lowest BCUT2D eigenvalue weighted by Gasteiger charge is -2.21. The first-order valence-electron chi connectivity index (χ1n) is 7.50. The Hall–Kier alpha value is -1.17. The minimum Gasteiger partial charge on any atom is -0.302 e. The standard InChI is InChI=1S/C14H25N3O2S/c1-2-6-13(19)16-17-14(20)15-12(18)10-9-11-7-4-3-5-8-11/h11H,2-10H2,1H3,(H,16,19)(H2,15,17,18,20). The molecule has 0 atom stereocenters. The van der Waals surface area contributed by atoms with Crippen molar-refractivity contribution in [1.29, 1.82) is 0 Å². The summed E-state index contributed by atoms with van der Waals surface area (Å²) >= 11 is 4.95. The van der Waals surface area contributed by atoms with Gasteiger partial charge in [-0.25, -0.2) is 0 Å². The predicted octanol–water partition coefficient (Wildman–Crippen LogP) is 2.17. The summed E-state index contributed by atoms with van der Waals surface area (Å²) < 4.78 is 0. The number of carbonyl (C=O) groups excluding carboxylic acids is 2. The van der Waals surface area contributed by atoms with Crippen molar-refractivity contribution in [2.24, 2.45) is 5.92 Å². The van der Waals surface area contributed by atoms with Gasteiger partial charge >= 0.3 is 0 Å². The zero-order chi connectivity index (χ0) is 14.8. The van der Waals surface area contributed by atoms with Crippen molar-refractivity contribution in [1.82, 2.24) is 16.2 Å². The molecule has 1 saturated carbocycles. The van der Waals surface area contributed by atoms with Crippen molar-refractivity contribution in [3.63, 3.8) is 0 Å². The first kappa shape index (κ1) is 16.9. The smallest absolute Gasteiger partial charge is 0.238 e. The fraction of sp³-hybridized carbons (Fsp3) is 0.786. The summed E-state index contributed by atoms with van der Waals surface area (Å²) in [7, 11) is 0. The monoisotopic (exact) mass is 299 g/mol. The fourth-order valence-electron chi connectivity index (χ4n) is 2.45. The summed E-state index contributed by atoms with van der Waals surface area (Å²) in [6.07, 6.45) is 9.01. The highest BCUT2D eigenvalue weighted by molar-refractivity contribution is 7.80. The van der Waals surface area contributed by atoms with Gasteiger partial charge in [0, 0.05) is 12.8 Å². The lowest BCUT2D eigenvalue weighted by molar-refractivity contribution is -0.122. The maximum atomic E-state index is 11.7. The number of rotatable bonds is 5.